The van der Waals surface area contributed by atoms with E-state index in [9.17, 15) is 13.2 Å². The molecule has 0 atom stereocenters. The van der Waals surface area contributed by atoms with Crippen LogP contribution in [0.15, 0.2) is 29.2 Å². The number of amides is 1. The molecule has 6 nitrogen and oxygen atoms in total. The third kappa shape index (κ3) is 5.69. The Morgan fingerprint density at radius 1 is 1.00 bits per heavy atom. The first kappa shape index (κ1) is 20.1. The maximum Gasteiger partial charge on any atom is 0.243 e. The van der Waals surface area contributed by atoms with E-state index in [-0.39, 0.29) is 18.5 Å². The van der Waals surface area contributed by atoms with E-state index in [0.29, 0.717) is 23.7 Å². The summed E-state index contributed by atoms with van der Waals surface area (Å²) < 4.78 is 27.1. The molecule has 0 radical (unpaired) electrons. The highest BCUT2D eigenvalue weighted by molar-refractivity contribution is 7.89. The highest BCUT2D eigenvalue weighted by Crippen LogP contribution is 2.23. The molecule has 2 fully saturated rings. The van der Waals surface area contributed by atoms with Crippen LogP contribution in [0.25, 0.3) is 0 Å². The van der Waals surface area contributed by atoms with Crippen LogP contribution < -0.4 is 10.6 Å². The zero-order chi connectivity index (χ0) is 19.1. The normalized spacial score (nSPS) is 20.0. The summed E-state index contributed by atoms with van der Waals surface area (Å²) in [5.41, 5.74) is 0.657. The summed E-state index contributed by atoms with van der Waals surface area (Å²) in [6, 6.07) is 7.05. The molecule has 1 saturated carbocycles. The van der Waals surface area contributed by atoms with Crippen molar-refractivity contribution in [3.05, 3.63) is 24.3 Å². The number of rotatable bonds is 6. The van der Waals surface area contributed by atoms with E-state index in [1.165, 1.54) is 25.7 Å². The van der Waals surface area contributed by atoms with Crippen molar-refractivity contribution >= 4 is 21.6 Å². The van der Waals surface area contributed by atoms with Gasteiger partial charge in [-0.2, -0.15) is 4.31 Å². The molecular weight excluding hydrogens is 362 g/mol. The highest BCUT2D eigenvalue weighted by Gasteiger charge is 2.26. The van der Waals surface area contributed by atoms with E-state index in [1.807, 2.05) is 0 Å². The van der Waals surface area contributed by atoms with Crippen LogP contribution in [0.1, 0.15) is 57.8 Å². The van der Waals surface area contributed by atoms with Gasteiger partial charge in [-0.1, -0.05) is 38.2 Å². The predicted molar refractivity (Wildman–Crippen MR) is 107 cm³/mol. The average molecular weight is 394 g/mol. The quantitative estimate of drug-likeness (QED) is 0.728. The molecule has 3 rings (SSSR count). The lowest BCUT2D eigenvalue weighted by molar-refractivity contribution is -0.120. The minimum Gasteiger partial charge on any atom is -0.376 e. The summed E-state index contributed by atoms with van der Waals surface area (Å²) in [5.74, 6) is -0.0359. The summed E-state index contributed by atoms with van der Waals surface area (Å²) in [6.45, 7) is 1.33. The van der Waals surface area contributed by atoms with Gasteiger partial charge in [-0.15, -0.1) is 0 Å². The van der Waals surface area contributed by atoms with Crippen LogP contribution >= 0.6 is 0 Å². The number of hydrogen-bond donors (Lipinski definition) is 2. The number of anilines is 1. The largest absolute Gasteiger partial charge is 0.376 e. The van der Waals surface area contributed by atoms with Gasteiger partial charge in [0.2, 0.25) is 15.9 Å². The Hall–Kier alpha value is -1.60. The lowest BCUT2D eigenvalue weighted by atomic mass is 10.1. The fraction of sp³-hybridized carbons (Fsp3) is 0.650. The fourth-order valence-electron chi connectivity index (χ4n) is 3.91. The summed E-state index contributed by atoms with van der Waals surface area (Å²) in [5, 5.41) is 6.17. The van der Waals surface area contributed by atoms with E-state index in [1.54, 1.807) is 28.6 Å². The fourth-order valence-corrected chi connectivity index (χ4v) is 5.47. The number of nitrogens with one attached hydrogen (secondary N) is 2. The molecule has 1 aliphatic heterocycles. The standard InChI is InChI=1S/C20H31N3O3S/c24-20(22-17-9-4-1-2-5-10-17)16-21-18-11-8-12-19(15-18)27(25,26)23-13-6-3-7-14-23/h8,11-12,15,17,21H,1-7,9-10,13-14,16H2,(H,22,24). The maximum atomic E-state index is 12.8. The molecule has 1 aromatic carbocycles. The monoisotopic (exact) mass is 393 g/mol. The van der Waals surface area contributed by atoms with Gasteiger partial charge in [0, 0.05) is 24.8 Å². The number of piperidine rings is 1. The number of nitrogens with zero attached hydrogens (tertiary/aromatic N) is 1. The van der Waals surface area contributed by atoms with E-state index in [0.717, 1.165) is 32.1 Å². The topological polar surface area (TPSA) is 78.5 Å². The van der Waals surface area contributed by atoms with Gasteiger partial charge in [-0.05, 0) is 43.9 Å². The molecule has 1 saturated heterocycles. The van der Waals surface area contributed by atoms with Crippen LogP contribution in [0.3, 0.4) is 0 Å². The SMILES string of the molecule is O=C(CNc1cccc(S(=O)(=O)N2CCCCC2)c1)NC1CCCCCC1. The first-order chi connectivity index (χ1) is 13.1. The molecule has 1 aliphatic carbocycles. The number of hydrogen-bond acceptors (Lipinski definition) is 4. The number of benzene rings is 1. The molecule has 1 heterocycles. The zero-order valence-corrected chi connectivity index (χ0v) is 16.8. The molecule has 7 heteroatoms. The Morgan fingerprint density at radius 2 is 1.67 bits per heavy atom. The number of carbonyl (C=O) groups is 1. The van der Waals surface area contributed by atoms with Crippen molar-refractivity contribution in [3.63, 3.8) is 0 Å². The summed E-state index contributed by atoms with van der Waals surface area (Å²) in [6.07, 6.45) is 9.88. The van der Waals surface area contributed by atoms with Crippen LogP contribution in [0.4, 0.5) is 5.69 Å². The van der Waals surface area contributed by atoms with Gasteiger partial charge in [0.25, 0.3) is 0 Å². The van der Waals surface area contributed by atoms with Crippen molar-refractivity contribution in [1.29, 1.82) is 0 Å². The first-order valence-corrected chi connectivity index (χ1v) is 11.6. The van der Waals surface area contributed by atoms with Crippen molar-refractivity contribution in [1.82, 2.24) is 9.62 Å². The maximum absolute atomic E-state index is 12.8. The van der Waals surface area contributed by atoms with Gasteiger partial charge in [0.05, 0.1) is 11.4 Å². The highest BCUT2D eigenvalue weighted by atomic mass is 32.2. The Kier molecular flexibility index (Phi) is 7.13. The Balaban J connectivity index is 1.56. The predicted octanol–water partition coefficient (Wildman–Crippen LogP) is 3.11. The second-order valence-electron chi connectivity index (χ2n) is 7.60. The van der Waals surface area contributed by atoms with Crippen molar-refractivity contribution < 1.29 is 13.2 Å². The molecule has 0 spiro atoms. The third-order valence-corrected chi connectivity index (χ3v) is 7.35. The second kappa shape index (κ2) is 9.55. The minimum atomic E-state index is -3.46. The molecule has 150 valence electrons. The molecule has 1 amide bonds. The van der Waals surface area contributed by atoms with Gasteiger partial charge in [-0.25, -0.2) is 8.42 Å². The van der Waals surface area contributed by atoms with Gasteiger partial charge in [0.15, 0.2) is 0 Å². The summed E-state index contributed by atoms with van der Waals surface area (Å²) in [4.78, 5) is 12.5. The molecule has 2 aliphatic rings. The molecular formula is C20H31N3O3S. The van der Waals surface area contributed by atoms with Crippen molar-refractivity contribution in [2.45, 2.75) is 68.7 Å². The Morgan fingerprint density at radius 3 is 2.37 bits per heavy atom. The van der Waals surface area contributed by atoms with Crippen LogP contribution in [0.2, 0.25) is 0 Å². The van der Waals surface area contributed by atoms with Crippen LogP contribution in [0, 0.1) is 0 Å². The lowest BCUT2D eigenvalue weighted by Gasteiger charge is -2.26. The lowest BCUT2D eigenvalue weighted by Crippen LogP contribution is -2.38. The van der Waals surface area contributed by atoms with E-state index in [2.05, 4.69) is 10.6 Å². The molecule has 1 aromatic rings. The Labute approximate surface area is 162 Å². The van der Waals surface area contributed by atoms with Gasteiger partial charge in [-0.3, -0.25) is 4.79 Å². The van der Waals surface area contributed by atoms with Crippen molar-refractivity contribution in [3.8, 4) is 0 Å². The average Bonchev–Trinajstić information content (AvgIpc) is 2.96. The van der Waals surface area contributed by atoms with Crippen LogP contribution in [-0.4, -0.2) is 44.3 Å². The van der Waals surface area contributed by atoms with Gasteiger partial charge < -0.3 is 10.6 Å². The third-order valence-electron chi connectivity index (χ3n) is 5.46. The minimum absolute atomic E-state index is 0.0359. The first-order valence-electron chi connectivity index (χ1n) is 10.2. The van der Waals surface area contributed by atoms with Crippen molar-refractivity contribution in [2.75, 3.05) is 25.0 Å². The van der Waals surface area contributed by atoms with Crippen LogP contribution in [0.5, 0.6) is 0 Å². The summed E-state index contributed by atoms with van der Waals surface area (Å²) >= 11 is 0. The van der Waals surface area contributed by atoms with E-state index in [4.69, 9.17) is 0 Å². The summed E-state index contributed by atoms with van der Waals surface area (Å²) in [7, 11) is -3.46. The molecule has 0 unspecified atom stereocenters. The molecule has 2 N–H and O–H groups in total. The Bertz CT molecular complexity index is 722. The molecule has 0 aromatic heterocycles. The second-order valence-corrected chi connectivity index (χ2v) is 9.54. The van der Waals surface area contributed by atoms with Gasteiger partial charge in [0.1, 0.15) is 0 Å². The number of sulfonamides is 1. The molecule has 0 bridgehead atoms. The zero-order valence-electron chi connectivity index (χ0n) is 16.0. The molecule has 27 heavy (non-hydrogen) atoms. The van der Waals surface area contributed by atoms with Crippen LogP contribution in [-0.2, 0) is 14.8 Å². The van der Waals surface area contributed by atoms with Gasteiger partial charge >= 0.3 is 0 Å². The van der Waals surface area contributed by atoms with E-state index >= 15 is 0 Å². The van der Waals surface area contributed by atoms with Crippen molar-refractivity contribution in [2.24, 2.45) is 0 Å². The smallest absolute Gasteiger partial charge is 0.243 e. The number of carbonyl (C=O) groups excluding carboxylic acids is 1. The van der Waals surface area contributed by atoms with E-state index < -0.39 is 10.0 Å².